The lowest BCUT2D eigenvalue weighted by Gasteiger charge is -2.07. The van der Waals surface area contributed by atoms with Gasteiger partial charge in [-0.1, -0.05) is 6.07 Å². The van der Waals surface area contributed by atoms with Gasteiger partial charge in [-0.15, -0.1) is 0 Å². The molecule has 0 saturated carbocycles. The van der Waals surface area contributed by atoms with Gasteiger partial charge in [-0.05, 0) is 24.3 Å². The molecule has 0 radical (unpaired) electrons. The van der Waals surface area contributed by atoms with E-state index in [1.165, 1.54) is 0 Å². The molecule has 0 unspecified atom stereocenters. The van der Waals surface area contributed by atoms with Crippen LogP contribution in [-0.2, 0) is 11.3 Å². The van der Waals surface area contributed by atoms with Crippen LogP contribution in [0.15, 0.2) is 42.7 Å². The average Bonchev–Trinajstić information content (AvgIpc) is 2.54. The summed E-state index contributed by atoms with van der Waals surface area (Å²) in [5.74, 6) is 0.546. The Labute approximate surface area is 123 Å². The van der Waals surface area contributed by atoms with Gasteiger partial charge in [-0.3, -0.25) is 9.78 Å². The molecule has 2 aromatic rings. The molecule has 0 bridgehead atoms. The van der Waals surface area contributed by atoms with Crippen LogP contribution in [0.1, 0.15) is 16.1 Å². The van der Waals surface area contributed by atoms with Crippen molar-refractivity contribution in [3.05, 3.63) is 54.0 Å². The molecule has 2 aromatic heterocycles. The van der Waals surface area contributed by atoms with Crippen molar-refractivity contribution in [2.24, 2.45) is 0 Å². The fourth-order valence-electron chi connectivity index (χ4n) is 1.69. The topological polar surface area (TPSA) is 76.1 Å². The maximum Gasteiger partial charge on any atom is 0.253 e. The Morgan fingerprint density at radius 2 is 2.14 bits per heavy atom. The maximum atomic E-state index is 12.0. The van der Waals surface area contributed by atoms with Crippen LogP contribution >= 0.6 is 0 Å². The number of pyridine rings is 2. The van der Waals surface area contributed by atoms with E-state index >= 15 is 0 Å². The number of rotatable bonds is 7. The first kappa shape index (κ1) is 14.9. The lowest BCUT2D eigenvalue weighted by Crippen LogP contribution is -2.23. The summed E-state index contributed by atoms with van der Waals surface area (Å²) >= 11 is 0. The van der Waals surface area contributed by atoms with Crippen molar-refractivity contribution in [3.63, 3.8) is 0 Å². The predicted octanol–water partition coefficient (Wildman–Crippen LogP) is 1.46. The molecule has 2 heterocycles. The Morgan fingerprint density at radius 3 is 2.81 bits per heavy atom. The number of carbonyl (C=O) groups is 1. The third kappa shape index (κ3) is 4.85. The first-order valence-electron chi connectivity index (χ1n) is 6.66. The molecular formula is C15H18N4O2. The maximum absolute atomic E-state index is 12.0. The van der Waals surface area contributed by atoms with Crippen LogP contribution in [0.3, 0.4) is 0 Å². The first-order chi connectivity index (χ1) is 10.3. The van der Waals surface area contributed by atoms with Crippen LogP contribution in [0.2, 0.25) is 0 Å². The third-order valence-electron chi connectivity index (χ3n) is 2.79. The Morgan fingerprint density at radius 1 is 1.24 bits per heavy atom. The number of amides is 1. The summed E-state index contributed by atoms with van der Waals surface area (Å²) in [6.07, 6.45) is 3.24. The molecule has 6 heteroatoms. The van der Waals surface area contributed by atoms with E-state index in [2.05, 4.69) is 20.6 Å². The Kier molecular flexibility index (Phi) is 5.66. The fourth-order valence-corrected chi connectivity index (χ4v) is 1.69. The Hall–Kier alpha value is -2.47. The van der Waals surface area contributed by atoms with Crippen LogP contribution in [0.25, 0.3) is 0 Å². The molecule has 0 aliphatic carbocycles. The fraction of sp³-hybridized carbons (Fsp3) is 0.267. The molecule has 0 fully saturated rings. The molecule has 0 atom stereocenters. The van der Waals surface area contributed by atoms with E-state index < -0.39 is 0 Å². The highest BCUT2D eigenvalue weighted by molar-refractivity contribution is 5.93. The van der Waals surface area contributed by atoms with E-state index in [0.29, 0.717) is 31.1 Å². The Balaban J connectivity index is 1.85. The zero-order valence-corrected chi connectivity index (χ0v) is 11.9. The molecule has 2 N–H and O–H groups in total. The molecule has 110 valence electrons. The minimum absolute atomic E-state index is 0.170. The average molecular weight is 286 g/mol. The number of hydrogen-bond acceptors (Lipinski definition) is 5. The zero-order valence-electron chi connectivity index (χ0n) is 11.9. The quantitative estimate of drug-likeness (QED) is 0.754. The number of nitrogens with zero attached hydrogens (tertiary/aromatic N) is 2. The van der Waals surface area contributed by atoms with Gasteiger partial charge in [0.1, 0.15) is 5.82 Å². The van der Waals surface area contributed by atoms with Gasteiger partial charge in [0, 0.05) is 26.0 Å². The number of carbonyl (C=O) groups excluding carboxylic acids is 1. The Bertz CT molecular complexity index is 558. The van der Waals surface area contributed by atoms with Gasteiger partial charge >= 0.3 is 0 Å². The molecule has 0 saturated heterocycles. The van der Waals surface area contributed by atoms with Crippen LogP contribution in [0.5, 0.6) is 0 Å². The summed E-state index contributed by atoms with van der Waals surface area (Å²) in [5.41, 5.74) is 1.33. The van der Waals surface area contributed by atoms with Crippen molar-refractivity contribution in [1.82, 2.24) is 15.3 Å². The molecule has 6 nitrogen and oxygen atoms in total. The van der Waals surface area contributed by atoms with Gasteiger partial charge in [0.05, 0.1) is 24.4 Å². The summed E-state index contributed by atoms with van der Waals surface area (Å²) in [6.45, 7) is 1.68. The van der Waals surface area contributed by atoms with E-state index in [0.717, 1.165) is 5.69 Å². The molecule has 0 aliphatic rings. The van der Waals surface area contributed by atoms with E-state index in [1.807, 2.05) is 18.2 Å². The largest absolute Gasteiger partial charge is 0.383 e. The smallest absolute Gasteiger partial charge is 0.253 e. The number of ether oxygens (including phenoxy) is 1. The van der Waals surface area contributed by atoms with Gasteiger partial charge < -0.3 is 15.4 Å². The van der Waals surface area contributed by atoms with Gasteiger partial charge in [-0.25, -0.2) is 4.98 Å². The van der Waals surface area contributed by atoms with E-state index in [4.69, 9.17) is 4.74 Å². The molecule has 0 aromatic carbocycles. The summed E-state index contributed by atoms with van der Waals surface area (Å²) in [6, 6.07) is 9.09. The highest BCUT2D eigenvalue weighted by Crippen LogP contribution is 2.05. The summed E-state index contributed by atoms with van der Waals surface area (Å²) < 4.78 is 4.94. The van der Waals surface area contributed by atoms with Crippen molar-refractivity contribution in [3.8, 4) is 0 Å². The van der Waals surface area contributed by atoms with Crippen LogP contribution in [-0.4, -0.2) is 36.1 Å². The van der Waals surface area contributed by atoms with Crippen molar-refractivity contribution in [1.29, 1.82) is 0 Å². The summed E-state index contributed by atoms with van der Waals surface area (Å²) in [5, 5.41) is 5.90. The SMILES string of the molecule is COCCNc1ccc(C(=O)NCc2ccccn2)cn1. The molecule has 21 heavy (non-hydrogen) atoms. The first-order valence-corrected chi connectivity index (χ1v) is 6.66. The zero-order chi connectivity index (χ0) is 14.9. The van der Waals surface area contributed by atoms with Crippen molar-refractivity contribution >= 4 is 11.7 Å². The third-order valence-corrected chi connectivity index (χ3v) is 2.79. The minimum atomic E-state index is -0.170. The van der Waals surface area contributed by atoms with Gasteiger partial charge in [0.15, 0.2) is 0 Å². The van der Waals surface area contributed by atoms with E-state index in [9.17, 15) is 4.79 Å². The minimum Gasteiger partial charge on any atom is -0.383 e. The van der Waals surface area contributed by atoms with Crippen molar-refractivity contribution in [2.45, 2.75) is 6.54 Å². The second-order valence-corrected chi connectivity index (χ2v) is 4.36. The number of hydrogen-bond donors (Lipinski definition) is 2. The number of nitrogens with one attached hydrogen (secondary N) is 2. The van der Waals surface area contributed by atoms with Crippen molar-refractivity contribution < 1.29 is 9.53 Å². The highest BCUT2D eigenvalue weighted by atomic mass is 16.5. The standard InChI is InChI=1S/C15H18N4O2/c1-21-9-8-17-14-6-5-12(10-18-14)15(20)19-11-13-4-2-3-7-16-13/h2-7,10H,8-9,11H2,1H3,(H,17,18)(H,19,20). The lowest BCUT2D eigenvalue weighted by molar-refractivity contribution is 0.0950. The molecule has 0 spiro atoms. The van der Waals surface area contributed by atoms with E-state index in [1.54, 1.807) is 31.6 Å². The van der Waals surface area contributed by atoms with Crippen LogP contribution < -0.4 is 10.6 Å². The monoisotopic (exact) mass is 286 g/mol. The van der Waals surface area contributed by atoms with Gasteiger partial charge in [-0.2, -0.15) is 0 Å². The molecule has 0 aliphatic heterocycles. The second kappa shape index (κ2) is 7.96. The van der Waals surface area contributed by atoms with Crippen molar-refractivity contribution in [2.75, 3.05) is 25.6 Å². The number of methoxy groups -OCH3 is 1. The van der Waals surface area contributed by atoms with Crippen LogP contribution in [0, 0.1) is 0 Å². The van der Waals surface area contributed by atoms with Gasteiger partial charge in [0.2, 0.25) is 0 Å². The molecule has 2 rings (SSSR count). The van der Waals surface area contributed by atoms with Crippen LogP contribution in [0.4, 0.5) is 5.82 Å². The highest BCUT2D eigenvalue weighted by Gasteiger charge is 2.06. The lowest BCUT2D eigenvalue weighted by atomic mass is 10.2. The molecule has 1 amide bonds. The molecular weight excluding hydrogens is 268 g/mol. The second-order valence-electron chi connectivity index (χ2n) is 4.36. The van der Waals surface area contributed by atoms with E-state index in [-0.39, 0.29) is 5.91 Å². The summed E-state index contributed by atoms with van der Waals surface area (Å²) in [4.78, 5) is 20.3. The number of aromatic nitrogens is 2. The number of anilines is 1. The summed E-state index contributed by atoms with van der Waals surface area (Å²) in [7, 11) is 1.64. The van der Waals surface area contributed by atoms with Gasteiger partial charge in [0.25, 0.3) is 5.91 Å². The predicted molar refractivity (Wildman–Crippen MR) is 80.0 cm³/mol. The normalized spacial score (nSPS) is 10.1.